The summed E-state index contributed by atoms with van der Waals surface area (Å²) >= 11 is 0. The summed E-state index contributed by atoms with van der Waals surface area (Å²) in [5.74, 6) is -0.231. The van der Waals surface area contributed by atoms with E-state index < -0.39 is 0 Å². The fourth-order valence-electron chi connectivity index (χ4n) is 5.31. The van der Waals surface area contributed by atoms with Crippen LogP contribution in [0.25, 0.3) is 33.3 Å². The number of nitrogens with one attached hydrogen (secondary N) is 2. The number of halogens is 1. The lowest BCUT2D eigenvalue weighted by atomic mass is 9.99. The predicted molar refractivity (Wildman–Crippen MR) is 143 cm³/mol. The van der Waals surface area contributed by atoms with Crippen molar-refractivity contribution in [2.75, 3.05) is 31.1 Å². The zero-order valence-electron chi connectivity index (χ0n) is 20.6. The SMILES string of the molecule is Cc1nn(Cc2cccc(F)c2)c(C)c1-c1c[nH]c2ncc(-c3ccccc3N3CCNCC3)cc12. The normalized spacial score (nSPS) is 14.0. The predicted octanol–water partition coefficient (Wildman–Crippen LogP) is 5.31. The van der Waals surface area contributed by atoms with Gasteiger partial charge in [0.15, 0.2) is 0 Å². The molecule has 3 aromatic heterocycles. The number of fused-ring (bicyclic) bond motifs is 1. The number of para-hydroxylation sites is 1. The number of aromatic nitrogens is 4. The molecule has 1 aliphatic heterocycles. The van der Waals surface area contributed by atoms with Gasteiger partial charge in [-0.2, -0.15) is 5.10 Å². The van der Waals surface area contributed by atoms with Crippen molar-refractivity contribution in [3.8, 4) is 22.3 Å². The number of pyridine rings is 1. The van der Waals surface area contributed by atoms with E-state index in [0.717, 1.165) is 70.9 Å². The summed E-state index contributed by atoms with van der Waals surface area (Å²) in [6.07, 6.45) is 3.98. The summed E-state index contributed by atoms with van der Waals surface area (Å²) in [6, 6.07) is 17.5. The van der Waals surface area contributed by atoms with Crippen LogP contribution in [0.5, 0.6) is 0 Å². The van der Waals surface area contributed by atoms with E-state index in [-0.39, 0.29) is 5.82 Å². The highest BCUT2D eigenvalue weighted by molar-refractivity contribution is 5.97. The van der Waals surface area contributed by atoms with Crippen molar-refractivity contribution in [1.29, 1.82) is 0 Å². The Hall–Kier alpha value is -3.97. The molecular weight excluding hydrogens is 451 g/mol. The van der Waals surface area contributed by atoms with Gasteiger partial charge in [-0.05, 0) is 43.7 Å². The molecule has 5 aromatic rings. The molecule has 1 saturated heterocycles. The van der Waals surface area contributed by atoms with Crippen LogP contribution in [-0.2, 0) is 6.54 Å². The van der Waals surface area contributed by atoms with Gasteiger partial charge in [0.05, 0.1) is 12.2 Å². The largest absolute Gasteiger partial charge is 0.368 e. The van der Waals surface area contributed by atoms with Crippen LogP contribution in [0, 0.1) is 19.7 Å². The van der Waals surface area contributed by atoms with E-state index in [4.69, 9.17) is 10.1 Å². The van der Waals surface area contributed by atoms with Crippen molar-refractivity contribution < 1.29 is 4.39 Å². The standard InChI is InChI=1S/C29H29FN6/c1-19-28(20(2)36(34-19)18-21-6-5-7-23(30)14-21)26-17-33-29-25(26)15-22(16-32-29)24-8-3-4-9-27(24)35-12-10-31-11-13-35/h3-9,14-17,31H,10-13,18H2,1-2H3,(H,32,33). The molecule has 0 atom stereocenters. The van der Waals surface area contributed by atoms with Crippen LogP contribution >= 0.6 is 0 Å². The Bertz CT molecular complexity index is 1540. The number of hydrogen-bond donors (Lipinski definition) is 2. The summed E-state index contributed by atoms with van der Waals surface area (Å²) in [6.45, 7) is 8.59. The van der Waals surface area contributed by atoms with Crippen molar-refractivity contribution in [3.63, 3.8) is 0 Å². The number of hydrogen-bond acceptors (Lipinski definition) is 4. The highest BCUT2D eigenvalue weighted by Gasteiger charge is 2.20. The molecule has 0 radical (unpaired) electrons. The number of piperazine rings is 1. The molecule has 0 bridgehead atoms. The molecule has 0 spiro atoms. The number of anilines is 1. The fourth-order valence-corrected chi connectivity index (χ4v) is 5.31. The summed E-state index contributed by atoms with van der Waals surface area (Å²) < 4.78 is 15.7. The van der Waals surface area contributed by atoms with Crippen molar-refractivity contribution in [2.24, 2.45) is 0 Å². The number of aromatic amines is 1. The smallest absolute Gasteiger partial charge is 0.137 e. The van der Waals surface area contributed by atoms with Crippen LogP contribution in [0.2, 0.25) is 0 Å². The second-order valence-electron chi connectivity index (χ2n) is 9.41. The highest BCUT2D eigenvalue weighted by atomic mass is 19.1. The first-order valence-electron chi connectivity index (χ1n) is 12.4. The third-order valence-corrected chi connectivity index (χ3v) is 7.08. The summed E-state index contributed by atoms with van der Waals surface area (Å²) in [7, 11) is 0. The zero-order valence-corrected chi connectivity index (χ0v) is 20.6. The first-order chi connectivity index (χ1) is 17.6. The third-order valence-electron chi connectivity index (χ3n) is 7.08. The molecule has 7 heteroatoms. The molecule has 2 aromatic carbocycles. The van der Waals surface area contributed by atoms with E-state index in [1.807, 2.05) is 30.1 Å². The minimum atomic E-state index is -0.231. The number of nitrogens with zero attached hydrogens (tertiary/aromatic N) is 4. The minimum Gasteiger partial charge on any atom is -0.368 e. The van der Waals surface area contributed by atoms with E-state index >= 15 is 0 Å². The van der Waals surface area contributed by atoms with Crippen LogP contribution in [0.4, 0.5) is 10.1 Å². The molecule has 6 rings (SSSR count). The molecule has 36 heavy (non-hydrogen) atoms. The molecule has 0 saturated carbocycles. The maximum atomic E-state index is 13.7. The van der Waals surface area contributed by atoms with E-state index in [2.05, 4.69) is 52.5 Å². The first kappa shape index (κ1) is 22.5. The lowest BCUT2D eigenvalue weighted by Gasteiger charge is -2.31. The Morgan fingerprint density at radius 1 is 0.972 bits per heavy atom. The molecule has 0 amide bonds. The molecule has 2 N–H and O–H groups in total. The maximum Gasteiger partial charge on any atom is 0.137 e. The Morgan fingerprint density at radius 2 is 1.81 bits per heavy atom. The maximum absolute atomic E-state index is 13.7. The molecule has 0 aliphatic carbocycles. The van der Waals surface area contributed by atoms with Crippen LogP contribution in [0.3, 0.4) is 0 Å². The van der Waals surface area contributed by atoms with Crippen LogP contribution < -0.4 is 10.2 Å². The van der Waals surface area contributed by atoms with Crippen LogP contribution in [-0.4, -0.2) is 45.9 Å². The quantitative estimate of drug-likeness (QED) is 0.358. The lowest BCUT2D eigenvalue weighted by molar-refractivity contribution is 0.589. The monoisotopic (exact) mass is 480 g/mol. The second-order valence-corrected chi connectivity index (χ2v) is 9.41. The van der Waals surface area contributed by atoms with Crippen molar-refractivity contribution >= 4 is 16.7 Å². The van der Waals surface area contributed by atoms with Gasteiger partial charge in [-0.25, -0.2) is 9.37 Å². The van der Waals surface area contributed by atoms with E-state index in [9.17, 15) is 4.39 Å². The van der Waals surface area contributed by atoms with Crippen molar-refractivity contribution in [3.05, 3.63) is 89.8 Å². The first-order valence-corrected chi connectivity index (χ1v) is 12.4. The zero-order chi connectivity index (χ0) is 24.6. The lowest BCUT2D eigenvalue weighted by Crippen LogP contribution is -2.43. The van der Waals surface area contributed by atoms with Gasteiger partial charge in [-0.1, -0.05) is 30.3 Å². The van der Waals surface area contributed by atoms with Crippen molar-refractivity contribution in [2.45, 2.75) is 20.4 Å². The molecule has 0 unspecified atom stereocenters. The number of rotatable bonds is 5. The van der Waals surface area contributed by atoms with Gasteiger partial charge in [0.25, 0.3) is 0 Å². The van der Waals surface area contributed by atoms with Gasteiger partial charge < -0.3 is 15.2 Å². The van der Waals surface area contributed by atoms with Gasteiger partial charge in [0.1, 0.15) is 11.5 Å². The van der Waals surface area contributed by atoms with Gasteiger partial charge >= 0.3 is 0 Å². The van der Waals surface area contributed by atoms with Gasteiger partial charge in [-0.3, -0.25) is 4.68 Å². The fraction of sp³-hybridized carbons (Fsp3) is 0.241. The van der Waals surface area contributed by atoms with E-state index in [1.165, 1.54) is 17.3 Å². The highest BCUT2D eigenvalue weighted by Crippen LogP contribution is 2.37. The van der Waals surface area contributed by atoms with Gasteiger partial charge in [-0.15, -0.1) is 0 Å². The topological polar surface area (TPSA) is 61.8 Å². The molecule has 1 aliphatic rings. The van der Waals surface area contributed by atoms with Crippen LogP contribution in [0.15, 0.2) is 67.0 Å². The third kappa shape index (κ3) is 4.05. The molecule has 1 fully saturated rings. The Labute approximate surface area is 209 Å². The van der Waals surface area contributed by atoms with Gasteiger partial charge in [0, 0.05) is 77.6 Å². The number of H-pyrrole nitrogens is 1. The van der Waals surface area contributed by atoms with Gasteiger partial charge in [0.2, 0.25) is 0 Å². The van der Waals surface area contributed by atoms with Crippen LogP contribution in [0.1, 0.15) is 17.0 Å². The summed E-state index contributed by atoms with van der Waals surface area (Å²) in [5, 5.41) is 9.31. The second kappa shape index (κ2) is 9.24. The average molecular weight is 481 g/mol. The number of benzene rings is 2. The molecule has 4 heterocycles. The summed E-state index contributed by atoms with van der Waals surface area (Å²) in [5.41, 5.74) is 9.43. The summed E-state index contributed by atoms with van der Waals surface area (Å²) in [4.78, 5) is 10.6. The Kier molecular flexibility index (Phi) is 5.77. The molecule has 6 nitrogen and oxygen atoms in total. The van der Waals surface area contributed by atoms with Crippen molar-refractivity contribution in [1.82, 2.24) is 25.1 Å². The average Bonchev–Trinajstić information content (AvgIpc) is 3.43. The van der Waals surface area contributed by atoms with E-state index in [0.29, 0.717) is 6.54 Å². The Morgan fingerprint density at radius 3 is 2.64 bits per heavy atom. The number of aryl methyl sites for hydroxylation is 1. The molecule has 182 valence electrons. The minimum absolute atomic E-state index is 0.231. The molecular formula is C29H29FN6. The van der Waals surface area contributed by atoms with E-state index in [1.54, 1.807) is 12.1 Å². The Balaban J connectivity index is 1.41.